The minimum absolute atomic E-state index is 0.0864. The summed E-state index contributed by atoms with van der Waals surface area (Å²) < 4.78 is 26.2. The highest BCUT2D eigenvalue weighted by Gasteiger charge is 2.35. The average Bonchev–Trinajstić information content (AvgIpc) is 3.57. The lowest BCUT2D eigenvalue weighted by atomic mass is 9.98. The first kappa shape index (κ1) is 36.5. The second-order valence-corrected chi connectivity index (χ2v) is 14.1. The Balaban J connectivity index is 1.40. The highest BCUT2D eigenvalue weighted by Crippen LogP contribution is 2.23. The summed E-state index contributed by atoms with van der Waals surface area (Å²) in [5, 5.41) is 6.11. The van der Waals surface area contributed by atoms with Crippen LogP contribution in [0.15, 0.2) is 128 Å². The minimum atomic E-state index is -2.95. The molecular weight excluding hydrogens is 685 g/mol. The van der Waals surface area contributed by atoms with Crippen LogP contribution in [0.5, 0.6) is 0 Å². The van der Waals surface area contributed by atoms with Crippen molar-refractivity contribution in [3.05, 3.63) is 161 Å². The second kappa shape index (κ2) is 16.0. The number of aromatic nitrogens is 1. The van der Waals surface area contributed by atoms with Crippen LogP contribution in [0.4, 0.5) is 5.69 Å². The van der Waals surface area contributed by atoms with Crippen molar-refractivity contribution >= 4 is 49.5 Å². The van der Waals surface area contributed by atoms with Crippen molar-refractivity contribution in [3.8, 4) is 11.1 Å². The third kappa shape index (κ3) is 8.45. The van der Waals surface area contributed by atoms with Crippen LogP contribution in [0.1, 0.15) is 38.2 Å². The van der Waals surface area contributed by atoms with Gasteiger partial charge in [0.25, 0.3) is 11.8 Å². The lowest BCUT2D eigenvalue weighted by Crippen LogP contribution is -2.56. The van der Waals surface area contributed by atoms with Gasteiger partial charge in [-0.15, -0.1) is 0 Å². The molecule has 0 aliphatic heterocycles. The fourth-order valence-electron chi connectivity index (χ4n) is 6.49. The van der Waals surface area contributed by atoms with Gasteiger partial charge in [-0.3, -0.25) is 14.4 Å². The monoisotopic (exact) mass is 724 g/mol. The number of rotatable bonds is 11. The van der Waals surface area contributed by atoms with Crippen LogP contribution >= 0.6 is 0 Å². The highest BCUT2D eigenvalue weighted by atomic mass is 32.2. The Morgan fingerprint density at radius 3 is 2.00 bits per heavy atom. The molecule has 0 saturated heterocycles. The Morgan fingerprint density at radius 1 is 0.717 bits per heavy atom. The van der Waals surface area contributed by atoms with Gasteiger partial charge in [-0.05, 0) is 67.8 Å². The topological polar surface area (TPSA) is 128 Å². The average molecular weight is 725 g/mol. The largest absolute Gasteiger partial charge is 0.361 e. The van der Waals surface area contributed by atoms with E-state index >= 15 is 0 Å². The molecule has 268 valence electrons. The molecule has 5 aromatic carbocycles. The van der Waals surface area contributed by atoms with E-state index in [-0.39, 0.29) is 16.8 Å². The normalized spacial score (nSPS) is 12.1. The number of anilines is 1. The van der Waals surface area contributed by atoms with Crippen LogP contribution in [-0.2, 0) is 26.3 Å². The fraction of sp³-hybridized carbons (Fsp3) is 0.163. The standard InChI is InChI=1S/C43H40N4O5S/c1-27-14-20-34(21-15-27)45-42(49)39(40(53(51)52)36-26-44-37-13-9-8-12-35(36)37)46-41(48)38(47(4)43(50)33-23-28(2)22-29(3)24-33)25-30-16-18-32(19-17-30)31-10-6-5-7-11-31/h5-24,26,38-39,44H,25H2,1-4H3,(H,45,49)(H,46,48)/t38-,39+/m1/s1. The predicted molar refractivity (Wildman–Crippen MR) is 210 cm³/mol. The zero-order valence-electron chi connectivity index (χ0n) is 29.9. The van der Waals surface area contributed by atoms with Gasteiger partial charge in [-0.2, -0.15) is 8.42 Å². The van der Waals surface area contributed by atoms with Crippen molar-refractivity contribution in [2.24, 2.45) is 0 Å². The summed E-state index contributed by atoms with van der Waals surface area (Å²) in [6.07, 6.45) is 1.60. The first-order valence-corrected chi connectivity index (χ1v) is 18.3. The molecule has 0 bridgehead atoms. The Bertz CT molecular complexity index is 2410. The number of aryl methyl sites for hydroxylation is 3. The summed E-state index contributed by atoms with van der Waals surface area (Å²) in [6, 6.07) is 34.4. The Kier molecular flexibility index (Phi) is 11.0. The Labute approximate surface area is 310 Å². The van der Waals surface area contributed by atoms with Gasteiger partial charge in [-0.1, -0.05) is 108 Å². The number of fused-ring (bicyclic) bond motifs is 1. The molecule has 1 heterocycles. The summed E-state index contributed by atoms with van der Waals surface area (Å²) in [4.78, 5) is 46.9. The second-order valence-electron chi connectivity index (χ2n) is 13.2. The molecule has 0 radical (unpaired) electrons. The molecule has 0 spiro atoms. The third-order valence-electron chi connectivity index (χ3n) is 9.21. The minimum Gasteiger partial charge on any atom is -0.361 e. The molecule has 10 heteroatoms. The molecule has 0 fully saturated rings. The summed E-state index contributed by atoms with van der Waals surface area (Å²) in [6.45, 7) is 5.69. The maximum Gasteiger partial charge on any atom is 0.254 e. The Morgan fingerprint density at radius 2 is 1.34 bits per heavy atom. The van der Waals surface area contributed by atoms with Gasteiger partial charge in [-0.25, -0.2) is 0 Å². The maximum absolute atomic E-state index is 14.6. The number of para-hydroxylation sites is 1. The van der Waals surface area contributed by atoms with E-state index in [1.165, 1.54) is 11.1 Å². The van der Waals surface area contributed by atoms with Crippen molar-refractivity contribution in [1.82, 2.24) is 15.2 Å². The molecule has 0 unspecified atom stereocenters. The highest BCUT2D eigenvalue weighted by molar-refractivity contribution is 7.73. The van der Waals surface area contributed by atoms with Crippen molar-refractivity contribution < 1.29 is 22.8 Å². The van der Waals surface area contributed by atoms with Crippen LogP contribution in [0.2, 0.25) is 0 Å². The summed E-state index contributed by atoms with van der Waals surface area (Å²) >= 11 is 0. The molecule has 9 nitrogen and oxygen atoms in total. The molecular formula is C43H40N4O5S. The summed E-state index contributed by atoms with van der Waals surface area (Å²) in [5.74, 6) is -1.86. The van der Waals surface area contributed by atoms with E-state index in [0.29, 0.717) is 22.2 Å². The quantitative estimate of drug-likeness (QED) is 0.102. The lowest BCUT2D eigenvalue weighted by Gasteiger charge is -2.30. The number of aromatic amines is 1. The SMILES string of the molecule is Cc1ccc(NC(=O)[C@@H](NC(=O)[C@@H](Cc2ccc(-c3ccccc3)cc2)N(C)C(=O)c2cc(C)cc(C)c2)C(c2c[nH]c3ccccc23)=S(=O)=O)cc1. The van der Waals surface area contributed by atoms with Gasteiger partial charge in [0, 0.05) is 47.4 Å². The van der Waals surface area contributed by atoms with Crippen molar-refractivity contribution in [2.45, 2.75) is 39.3 Å². The molecule has 0 saturated carbocycles. The number of carbonyl (C=O) groups is 3. The van der Waals surface area contributed by atoms with Crippen LogP contribution in [0, 0.1) is 20.8 Å². The van der Waals surface area contributed by atoms with Gasteiger partial charge in [0.2, 0.25) is 16.2 Å². The van der Waals surface area contributed by atoms with E-state index in [1.54, 1.807) is 55.6 Å². The lowest BCUT2D eigenvalue weighted by molar-refractivity contribution is -0.128. The number of hydrogen-bond acceptors (Lipinski definition) is 5. The molecule has 53 heavy (non-hydrogen) atoms. The van der Waals surface area contributed by atoms with Gasteiger partial charge in [0.05, 0.1) is 0 Å². The van der Waals surface area contributed by atoms with E-state index in [9.17, 15) is 22.8 Å². The van der Waals surface area contributed by atoms with Crippen LogP contribution in [0.3, 0.4) is 0 Å². The zero-order valence-corrected chi connectivity index (χ0v) is 30.7. The number of hydrogen-bond donors (Lipinski definition) is 3. The molecule has 3 N–H and O–H groups in total. The molecule has 3 amide bonds. The first-order chi connectivity index (χ1) is 25.5. The van der Waals surface area contributed by atoms with Gasteiger partial charge >= 0.3 is 0 Å². The molecule has 0 aliphatic carbocycles. The van der Waals surface area contributed by atoms with Crippen molar-refractivity contribution in [1.29, 1.82) is 0 Å². The van der Waals surface area contributed by atoms with E-state index in [1.807, 2.05) is 93.6 Å². The molecule has 6 aromatic rings. The van der Waals surface area contributed by atoms with Gasteiger partial charge in [0.15, 0.2) is 0 Å². The number of carbonyl (C=O) groups excluding carboxylic acids is 3. The maximum atomic E-state index is 14.6. The summed E-state index contributed by atoms with van der Waals surface area (Å²) in [5.41, 5.74) is 7.26. The number of benzene rings is 5. The fourth-order valence-corrected chi connectivity index (χ4v) is 7.20. The number of nitrogens with zero attached hydrogens (tertiary/aromatic N) is 1. The smallest absolute Gasteiger partial charge is 0.254 e. The third-order valence-corrected chi connectivity index (χ3v) is 10.0. The van der Waals surface area contributed by atoms with E-state index in [4.69, 9.17) is 0 Å². The number of amides is 3. The van der Waals surface area contributed by atoms with E-state index < -0.39 is 40.1 Å². The van der Waals surface area contributed by atoms with E-state index in [2.05, 4.69) is 15.6 Å². The number of nitrogens with one attached hydrogen (secondary N) is 3. The molecule has 6 rings (SSSR count). The van der Waals surface area contributed by atoms with Crippen LogP contribution in [-0.4, -0.2) is 60.0 Å². The predicted octanol–water partition coefficient (Wildman–Crippen LogP) is 6.67. The zero-order chi connectivity index (χ0) is 37.6. The molecule has 0 aliphatic rings. The van der Waals surface area contributed by atoms with Crippen molar-refractivity contribution in [2.75, 3.05) is 12.4 Å². The number of H-pyrrole nitrogens is 1. The molecule has 2 atom stereocenters. The van der Waals surface area contributed by atoms with E-state index in [0.717, 1.165) is 33.4 Å². The van der Waals surface area contributed by atoms with Crippen molar-refractivity contribution in [3.63, 3.8) is 0 Å². The molecule has 1 aromatic heterocycles. The van der Waals surface area contributed by atoms with Crippen LogP contribution in [0.25, 0.3) is 22.0 Å². The Hall–Kier alpha value is -6.26. The first-order valence-electron chi connectivity index (χ1n) is 17.2. The van der Waals surface area contributed by atoms with Gasteiger partial charge in [0.1, 0.15) is 16.9 Å². The van der Waals surface area contributed by atoms with Crippen LogP contribution < -0.4 is 10.6 Å². The van der Waals surface area contributed by atoms with Gasteiger partial charge < -0.3 is 20.5 Å². The number of likely N-dealkylation sites (N-methyl/N-ethyl adjacent to an activating group) is 1. The summed E-state index contributed by atoms with van der Waals surface area (Å²) in [7, 11) is -1.41.